The maximum absolute atomic E-state index is 13.6. The normalized spacial score (nSPS) is 26.3. The van der Waals surface area contributed by atoms with Gasteiger partial charge in [0.25, 0.3) is 0 Å². The first-order valence-corrected chi connectivity index (χ1v) is 6.43. The number of aliphatic hydroxyl groups is 1. The highest BCUT2D eigenvalue weighted by molar-refractivity contribution is 5.30. The molecule has 1 aromatic rings. The molecule has 1 saturated carbocycles. The summed E-state index contributed by atoms with van der Waals surface area (Å²) >= 11 is 0. The molecule has 3 heteroatoms. The fourth-order valence-electron chi connectivity index (χ4n) is 2.88. The Bertz CT molecular complexity index is 442. The molecule has 1 atom stereocenters. The molecule has 0 amide bonds. The average molecular weight is 252 g/mol. The molecule has 0 aliphatic heterocycles. The molecule has 0 spiro atoms. The molecule has 1 aliphatic carbocycles. The third-order valence-corrected chi connectivity index (χ3v) is 4.36. The van der Waals surface area contributed by atoms with Gasteiger partial charge in [0.1, 0.15) is 0 Å². The summed E-state index contributed by atoms with van der Waals surface area (Å²) in [5, 5.41) is 10.7. The minimum Gasteiger partial charge on any atom is -0.494 e. The highest BCUT2D eigenvalue weighted by Crippen LogP contribution is 2.47. The van der Waals surface area contributed by atoms with Crippen LogP contribution < -0.4 is 4.74 Å². The average Bonchev–Trinajstić information content (AvgIpc) is 2.53. The lowest BCUT2D eigenvalue weighted by atomic mass is 9.74. The molecule has 0 heterocycles. The summed E-state index contributed by atoms with van der Waals surface area (Å²) in [6, 6.07) is 4.91. The number of hydrogen-bond acceptors (Lipinski definition) is 2. The van der Waals surface area contributed by atoms with Gasteiger partial charge in [0, 0.05) is 6.42 Å². The fraction of sp³-hybridized carbons (Fsp3) is 0.600. The van der Waals surface area contributed by atoms with Crippen molar-refractivity contribution in [1.29, 1.82) is 0 Å². The summed E-state index contributed by atoms with van der Waals surface area (Å²) in [7, 11) is 1.45. The van der Waals surface area contributed by atoms with Crippen molar-refractivity contribution in [2.45, 2.75) is 45.1 Å². The lowest BCUT2D eigenvalue weighted by molar-refractivity contribution is -0.0419. The Kier molecular flexibility index (Phi) is 3.37. The summed E-state index contributed by atoms with van der Waals surface area (Å²) < 4.78 is 18.5. The van der Waals surface area contributed by atoms with Crippen LogP contribution >= 0.6 is 0 Å². The number of rotatable bonds is 3. The standard InChI is InChI=1S/C15H21FO2/c1-14(2)7-4-8-15(14,17)10-11-5-6-13(18-3)12(16)9-11/h5-6,9,17H,4,7-8,10H2,1-3H3. The smallest absolute Gasteiger partial charge is 0.165 e. The molecule has 0 bridgehead atoms. The van der Waals surface area contributed by atoms with Crippen LogP contribution in [0.25, 0.3) is 0 Å². The molecule has 1 aromatic carbocycles. The van der Waals surface area contributed by atoms with E-state index in [1.807, 2.05) is 6.07 Å². The number of ether oxygens (including phenoxy) is 1. The highest BCUT2D eigenvalue weighted by atomic mass is 19.1. The first-order valence-electron chi connectivity index (χ1n) is 6.43. The zero-order valence-electron chi connectivity index (χ0n) is 11.3. The molecule has 1 aliphatic rings. The monoisotopic (exact) mass is 252 g/mol. The summed E-state index contributed by atoms with van der Waals surface area (Å²) in [5.74, 6) is -0.120. The Balaban J connectivity index is 2.22. The van der Waals surface area contributed by atoms with E-state index in [4.69, 9.17) is 4.74 Å². The van der Waals surface area contributed by atoms with E-state index in [-0.39, 0.29) is 17.0 Å². The first-order chi connectivity index (χ1) is 8.38. The highest BCUT2D eigenvalue weighted by Gasteiger charge is 2.47. The van der Waals surface area contributed by atoms with Crippen LogP contribution in [-0.2, 0) is 6.42 Å². The Hall–Kier alpha value is -1.09. The molecule has 18 heavy (non-hydrogen) atoms. The summed E-state index contributed by atoms with van der Waals surface area (Å²) in [6.45, 7) is 4.17. The fourth-order valence-corrected chi connectivity index (χ4v) is 2.88. The van der Waals surface area contributed by atoms with Gasteiger partial charge in [0.15, 0.2) is 11.6 Å². The maximum Gasteiger partial charge on any atom is 0.165 e. The zero-order valence-corrected chi connectivity index (χ0v) is 11.3. The van der Waals surface area contributed by atoms with Gasteiger partial charge in [0.2, 0.25) is 0 Å². The molecule has 0 saturated heterocycles. The SMILES string of the molecule is COc1ccc(CC2(O)CCCC2(C)C)cc1F. The second-order valence-corrected chi connectivity index (χ2v) is 5.91. The van der Waals surface area contributed by atoms with Crippen molar-refractivity contribution in [3.8, 4) is 5.75 Å². The Morgan fingerprint density at radius 1 is 1.33 bits per heavy atom. The zero-order chi connectivity index (χ0) is 13.4. The van der Waals surface area contributed by atoms with Crippen LogP contribution in [0.5, 0.6) is 5.75 Å². The van der Waals surface area contributed by atoms with Crippen molar-refractivity contribution in [1.82, 2.24) is 0 Å². The molecule has 1 fully saturated rings. The lowest BCUT2D eigenvalue weighted by Gasteiger charge is -2.37. The summed E-state index contributed by atoms with van der Waals surface area (Å²) in [5.41, 5.74) is -0.0111. The molecular formula is C15H21FO2. The topological polar surface area (TPSA) is 29.5 Å². The predicted molar refractivity (Wildman–Crippen MR) is 69.2 cm³/mol. The lowest BCUT2D eigenvalue weighted by Crippen LogP contribution is -2.41. The van der Waals surface area contributed by atoms with E-state index in [0.717, 1.165) is 24.8 Å². The Labute approximate surface area is 108 Å². The number of halogens is 1. The van der Waals surface area contributed by atoms with Crippen LogP contribution in [0.1, 0.15) is 38.7 Å². The van der Waals surface area contributed by atoms with Gasteiger partial charge in [-0.2, -0.15) is 0 Å². The van der Waals surface area contributed by atoms with Crippen LogP contribution in [-0.4, -0.2) is 17.8 Å². The largest absolute Gasteiger partial charge is 0.494 e. The molecule has 2 rings (SSSR count). The molecule has 0 aromatic heterocycles. The van der Waals surface area contributed by atoms with E-state index in [2.05, 4.69) is 13.8 Å². The predicted octanol–water partition coefficient (Wildman–Crippen LogP) is 3.32. The van der Waals surface area contributed by atoms with Crippen LogP contribution in [0.4, 0.5) is 4.39 Å². The van der Waals surface area contributed by atoms with Gasteiger partial charge in [-0.15, -0.1) is 0 Å². The van der Waals surface area contributed by atoms with Crippen LogP contribution in [0.2, 0.25) is 0 Å². The van der Waals surface area contributed by atoms with Gasteiger partial charge >= 0.3 is 0 Å². The van der Waals surface area contributed by atoms with Crippen LogP contribution in [0, 0.1) is 11.2 Å². The molecule has 1 unspecified atom stereocenters. The van der Waals surface area contributed by atoms with Crippen molar-refractivity contribution in [2.75, 3.05) is 7.11 Å². The van der Waals surface area contributed by atoms with Gasteiger partial charge < -0.3 is 9.84 Å². The van der Waals surface area contributed by atoms with E-state index < -0.39 is 5.60 Å². The number of benzene rings is 1. The second kappa shape index (κ2) is 4.54. The molecule has 2 nitrogen and oxygen atoms in total. The minimum absolute atomic E-state index is 0.108. The Morgan fingerprint density at radius 2 is 2.06 bits per heavy atom. The van der Waals surface area contributed by atoms with Crippen molar-refractivity contribution < 1.29 is 14.2 Å². The molecule has 0 radical (unpaired) electrons. The Morgan fingerprint density at radius 3 is 2.56 bits per heavy atom. The maximum atomic E-state index is 13.6. The third kappa shape index (κ3) is 2.24. The number of hydrogen-bond donors (Lipinski definition) is 1. The van der Waals surface area contributed by atoms with Gasteiger partial charge in [-0.05, 0) is 42.4 Å². The number of methoxy groups -OCH3 is 1. The van der Waals surface area contributed by atoms with Crippen molar-refractivity contribution in [3.63, 3.8) is 0 Å². The van der Waals surface area contributed by atoms with Crippen molar-refractivity contribution in [3.05, 3.63) is 29.6 Å². The van der Waals surface area contributed by atoms with Gasteiger partial charge in [-0.3, -0.25) is 0 Å². The van der Waals surface area contributed by atoms with Crippen molar-refractivity contribution in [2.24, 2.45) is 5.41 Å². The first kappa shape index (κ1) is 13.3. The second-order valence-electron chi connectivity index (χ2n) is 5.91. The molecular weight excluding hydrogens is 231 g/mol. The van der Waals surface area contributed by atoms with E-state index in [1.54, 1.807) is 6.07 Å². The third-order valence-electron chi connectivity index (χ3n) is 4.36. The summed E-state index contributed by atoms with van der Waals surface area (Å²) in [6.07, 6.45) is 3.33. The van der Waals surface area contributed by atoms with E-state index in [9.17, 15) is 9.50 Å². The quantitative estimate of drug-likeness (QED) is 0.894. The minimum atomic E-state index is -0.728. The van der Waals surface area contributed by atoms with Crippen molar-refractivity contribution >= 4 is 0 Å². The van der Waals surface area contributed by atoms with E-state index in [0.29, 0.717) is 6.42 Å². The van der Waals surface area contributed by atoms with Gasteiger partial charge in [-0.25, -0.2) is 4.39 Å². The van der Waals surface area contributed by atoms with Gasteiger partial charge in [-0.1, -0.05) is 19.9 Å². The van der Waals surface area contributed by atoms with E-state index >= 15 is 0 Å². The van der Waals surface area contributed by atoms with Gasteiger partial charge in [0.05, 0.1) is 12.7 Å². The van der Waals surface area contributed by atoms with Crippen LogP contribution in [0.3, 0.4) is 0 Å². The van der Waals surface area contributed by atoms with E-state index in [1.165, 1.54) is 13.2 Å². The summed E-state index contributed by atoms with van der Waals surface area (Å²) in [4.78, 5) is 0. The molecule has 100 valence electrons. The molecule has 1 N–H and O–H groups in total. The van der Waals surface area contributed by atoms with Crippen LogP contribution in [0.15, 0.2) is 18.2 Å².